The van der Waals surface area contributed by atoms with E-state index in [1.165, 1.54) is 0 Å². The van der Waals surface area contributed by atoms with Gasteiger partial charge in [-0.1, -0.05) is 12.1 Å². The minimum Gasteiger partial charge on any atom is -0.508 e. The summed E-state index contributed by atoms with van der Waals surface area (Å²) in [5.41, 5.74) is 1.92. The van der Waals surface area contributed by atoms with Crippen LogP contribution in [0.1, 0.15) is 18.2 Å². The molecule has 8 heteroatoms. The van der Waals surface area contributed by atoms with Gasteiger partial charge in [0.25, 0.3) is 0 Å². The molecular weight excluding hydrogens is 320 g/mol. The Balaban J connectivity index is 1.79. The monoisotopic (exact) mass is 346 g/mol. The lowest BCUT2D eigenvalue weighted by Crippen LogP contribution is -2.47. The number of phenols is 1. The van der Waals surface area contributed by atoms with Crippen molar-refractivity contribution >= 4 is 6.03 Å². The van der Waals surface area contributed by atoms with Gasteiger partial charge in [0.05, 0.1) is 11.9 Å². The first-order valence-corrected chi connectivity index (χ1v) is 8.27. The zero-order valence-corrected chi connectivity index (χ0v) is 14.9. The number of nitrogens with zero attached hydrogens (tertiary/aromatic N) is 3. The van der Waals surface area contributed by atoms with Gasteiger partial charge in [-0.3, -0.25) is 0 Å². The molecule has 0 saturated heterocycles. The third-order valence-corrected chi connectivity index (χ3v) is 3.99. The molecule has 0 aliphatic rings. The van der Waals surface area contributed by atoms with E-state index in [9.17, 15) is 9.90 Å². The van der Waals surface area contributed by atoms with Crippen LogP contribution in [0, 0.1) is 0 Å². The maximum Gasteiger partial charge on any atom is 0.315 e. The number of carbonyl (C=O) groups is 1. The lowest BCUT2D eigenvalue weighted by atomic mass is 10.0. The highest BCUT2D eigenvalue weighted by atomic mass is 16.3. The van der Waals surface area contributed by atoms with Crippen molar-refractivity contribution in [2.75, 3.05) is 20.6 Å². The van der Waals surface area contributed by atoms with Gasteiger partial charge in [0.1, 0.15) is 5.75 Å². The number of urea groups is 1. The van der Waals surface area contributed by atoms with Crippen LogP contribution >= 0.6 is 0 Å². The molecule has 2 amide bonds. The first-order chi connectivity index (χ1) is 11.9. The zero-order chi connectivity index (χ0) is 18.2. The predicted octanol–water partition coefficient (Wildman–Crippen LogP) is 0.913. The van der Waals surface area contributed by atoms with Crippen molar-refractivity contribution in [3.63, 3.8) is 0 Å². The molecule has 0 aliphatic heterocycles. The predicted molar refractivity (Wildman–Crippen MR) is 95.4 cm³/mol. The zero-order valence-electron chi connectivity index (χ0n) is 14.9. The van der Waals surface area contributed by atoms with Crippen LogP contribution in [-0.4, -0.2) is 64.2 Å². The quantitative estimate of drug-likeness (QED) is 0.569. The molecule has 1 heterocycles. The van der Waals surface area contributed by atoms with Crippen LogP contribution in [0.25, 0.3) is 0 Å². The molecule has 1 aromatic carbocycles. The first-order valence-electron chi connectivity index (χ1n) is 8.27. The van der Waals surface area contributed by atoms with Gasteiger partial charge in [-0.25, -0.2) is 4.79 Å². The second-order valence-electron chi connectivity index (χ2n) is 6.41. The number of likely N-dealkylation sites (N-methyl/N-ethyl adjacent to an activating group) is 1. The highest BCUT2D eigenvalue weighted by Gasteiger charge is 2.15. The van der Waals surface area contributed by atoms with Crippen LogP contribution in [0.15, 0.2) is 30.5 Å². The SMILES string of the molecule is C[C@@H](Cc1cn[nH]n1)NC(=O)NC[C@H](Cc1ccc(O)cc1)N(C)C. The van der Waals surface area contributed by atoms with Crippen LogP contribution in [0.5, 0.6) is 5.75 Å². The number of hydrogen-bond acceptors (Lipinski definition) is 5. The molecule has 0 unspecified atom stereocenters. The van der Waals surface area contributed by atoms with Gasteiger partial charge >= 0.3 is 6.03 Å². The summed E-state index contributed by atoms with van der Waals surface area (Å²) in [5.74, 6) is 0.253. The topological polar surface area (TPSA) is 106 Å². The molecule has 25 heavy (non-hydrogen) atoms. The molecule has 0 bridgehead atoms. The van der Waals surface area contributed by atoms with Gasteiger partial charge in [0, 0.05) is 25.0 Å². The molecule has 1 aromatic heterocycles. The van der Waals surface area contributed by atoms with Gasteiger partial charge in [-0.2, -0.15) is 15.4 Å². The molecule has 0 saturated carbocycles. The van der Waals surface area contributed by atoms with Crippen molar-refractivity contribution in [3.05, 3.63) is 41.7 Å². The number of rotatable bonds is 8. The van der Waals surface area contributed by atoms with Crippen LogP contribution in [0.2, 0.25) is 0 Å². The number of amides is 2. The van der Waals surface area contributed by atoms with E-state index < -0.39 is 0 Å². The lowest BCUT2D eigenvalue weighted by molar-refractivity contribution is 0.229. The smallest absolute Gasteiger partial charge is 0.315 e. The lowest BCUT2D eigenvalue weighted by Gasteiger charge is -2.25. The van der Waals surface area contributed by atoms with Crippen molar-refractivity contribution in [1.29, 1.82) is 0 Å². The number of H-pyrrole nitrogens is 1. The average molecular weight is 346 g/mol. The van der Waals surface area contributed by atoms with Crippen molar-refractivity contribution in [2.45, 2.75) is 31.8 Å². The summed E-state index contributed by atoms with van der Waals surface area (Å²) in [6, 6.07) is 7.05. The number of nitrogens with one attached hydrogen (secondary N) is 3. The van der Waals surface area contributed by atoms with E-state index in [1.54, 1.807) is 18.3 Å². The van der Waals surface area contributed by atoms with E-state index in [-0.39, 0.29) is 23.9 Å². The van der Waals surface area contributed by atoms with Crippen molar-refractivity contribution < 1.29 is 9.90 Å². The molecule has 0 fully saturated rings. The Kier molecular flexibility index (Phi) is 6.76. The maximum absolute atomic E-state index is 12.1. The number of carbonyl (C=O) groups excluding carboxylic acids is 1. The van der Waals surface area contributed by atoms with E-state index in [0.29, 0.717) is 13.0 Å². The minimum absolute atomic E-state index is 0.0417. The highest BCUT2D eigenvalue weighted by molar-refractivity contribution is 5.74. The summed E-state index contributed by atoms with van der Waals surface area (Å²) in [4.78, 5) is 14.2. The molecule has 2 aromatic rings. The van der Waals surface area contributed by atoms with E-state index in [2.05, 4.69) is 30.9 Å². The average Bonchev–Trinajstić information content (AvgIpc) is 3.05. The third kappa shape index (κ3) is 6.42. The fourth-order valence-corrected chi connectivity index (χ4v) is 2.52. The molecule has 0 radical (unpaired) electrons. The number of aromatic hydroxyl groups is 1. The molecule has 2 atom stereocenters. The second kappa shape index (κ2) is 9.03. The molecule has 0 aliphatic carbocycles. The van der Waals surface area contributed by atoms with Gasteiger partial charge in [0.2, 0.25) is 0 Å². The standard InChI is InChI=1S/C17H26N6O2/c1-12(8-14-10-19-22-21-14)20-17(25)18-11-15(23(2)3)9-13-4-6-16(24)7-5-13/h4-7,10,12,15,24H,8-9,11H2,1-3H3,(H2,18,20,25)(H,19,21,22)/t12-,15-/m0/s1. The summed E-state index contributed by atoms with van der Waals surface area (Å²) in [6.45, 7) is 2.45. The number of aromatic amines is 1. The first kappa shape index (κ1) is 18.7. The Hall–Kier alpha value is -2.61. The summed E-state index contributed by atoms with van der Waals surface area (Å²) >= 11 is 0. The van der Waals surface area contributed by atoms with Crippen molar-refractivity contribution in [2.24, 2.45) is 0 Å². The van der Waals surface area contributed by atoms with Gasteiger partial charge in [-0.05, 0) is 45.1 Å². The van der Waals surface area contributed by atoms with Crippen LogP contribution in [0.4, 0.5) is 4.79 Å². The Bertz CT molecular complexity index is 642. The summed E-state index contributed by atoms with van der Waals surface area (Å²) in [5, 5.41) is 25.5. The van der Waals surface area contributed by atoms with Gasteiger partial charge in [0.15, 0.2) is 0 Å². The Morgan fingerprint density at radius 3 is 2.60 bits per heavy atom. The number of phenolic OH excluding ortho intramolecular Hbond substituents is 1. The van der Waals surface area contributed by atoms with Crippen LogP contribution in [0.3, 0.4) is 0 Å². The van der Waals surface area contributed by atoms with E-state index in [0.717, 1.165) is 17.7 Å². The number of aromatic nitrogens is 3. The van der Waals surface area contributed by atoms with Crippen molar-refractivity contribution in [1.82, 2.24) is 30.9 Å². The summed E-state index contributed by atoms with van der Waals surface area (Å²) in [6.07, 6.45) is 3.05. The van der Waals surface area contributed by atoms with Gasteiger partial charge < -0.3 is 20.6 Å². The van der Waals surface area contributed by atoms with E-state index >= 15 is 0 Å². The fourth-order valence-electron chi connectivity index (χ4n) is 2.52. The fraction of sp³-hybridized carbons (Fsp3) is 0.471. The van der Waals surface area contributed by atoms with Gasteiger partial charge in [-0.15, -0.1) is 0 Å². The second-order valence-corrected chi connectivity index (χ2v) is 6.41. The van der Waals surface area contributed by atoms with E-state index in [1.807, 2.05) is 33.2 Å². The van der Waals surface area contributed by atoms with Crippen LogP contribution < -0.4 is 10.6 Å². The number of hydrogen-bond donors (Lipinski definition) is 4. The Morgan fingerprint density at radius 2 is 2.00 bits per heavy atom. The molecule has 136 valence electrons. The highest BCUT2D eigenvalue weighted by Crippen LogP contribution is 2.12. The molecule has 4 N–H and O–H groups in total. The molecule has 2 rings (SSSR count). The molecular formula is C17H26N6O2. The van der Waals surface area contributed by atoms with Crippen molar-refractivity contribution in [3.8, 4) is 5.75 Å². The molecule has 0 spiro atoms. The molecule has 8 nitrogen and oxygen atoms in total. The largest absolute Gasteiger partial charge is 0.508 e. The number of benzene rings is 1. The van der Waals surface area contributed by atoms with E-state index in [4.69, 9.17) is 0 Å². The Morgan fingerprint density at radius 1 is 1.28 bits per heavy atom. The van der Waals surface area contributed by atoms with Crippen LogP contribution in [-0.2, 0) is 12.8 Å². The third-order valence-electron chi connectivity index (χ3n) is 3.99. The maximum atomic E-state index is 12.1. The summed E-state index contributed by atoms with van der Waals surface area (Å²) in [7, 11) is 3.97. The normalized spacial score (nSPS) is 13.4. The summed E-state index contributed by atoms with van der Waals surface area (Å²) < 4.78 is 0. The Labute approximate surface area is 147 Å². The minimum atomic E-state index is -0.200.